The molecule has 0 heterocycles. The summed E-state index contributed by atoms with van der Waals surface area (Å²) in [6.07, 6.45) is 1.45. The Bertz CT molecular complexity index is 881. The first-order valence-corrected chi connectivity index (χ1v) is 10.7. The summed E-state index contributed by atoms with van der Waals surface area (Å²) in [5.41, 5.74) is 3.58. The first-order valence-electron chi connectivity index (χ1n) is 8.29. The molecule has 7 heteroatoms. The van der Waals surface area contributed by atoms with Crippen LogP contribution in [0.4, 0.5) is 5.69 Å². The molecule has 0 saturated carbocycles. The monoisotopic (exact) mass is 439 g/mol. The first-order chi connectivity index (χ1) is 12.3. The fourth-order valence-electron chi connectivity index (χ4n) is 2.56. The van der Waals surface area contributed by atoms with Gasteiger partial charge in [-0.1, -0.05) is 45.8 Å². The fourth-order valence-corrected chi connectivity index (χ4v) is 4.01. The van der Waals surface area contributed by atoms with Gasteiger partial charge >= 0.3 is 5.97 Å². The normalized spacial score (nSPS) is 11.2. The van der Waals surface area contributed by atoms with Crippen LogP contribution in [0.5, 0.6) is 0 Å². The molecule has 0 bridgehead atoms. The van der Waals surface area contributed by atoms with Crippen molar-refractivity contribution in [2.75, 3.05) is 17.1 Å². The second-order valence-corrected chi connectivity index (χ2v) is 8.59. The van der Waals surface area contributed by atoms with Crippen molar-refractivity contribution >= 4 is 37.6 Å². The number of carbonyl (C=O) groups is 1. The van der Waals surface area contributed by atoms with Crippen molar-refractivity contribution in [3.8, 4) is 0 Å². The van der Waals surface area contributed by atoms with Gasteiger partial charge in [0.15, 0.2) is 5.75 Å². The Hall–Kier alpha value is -1.86. The molecule has 2 aromatic rings. The maximum absolute atomic E-state index is 12.2. The predicted octanol–water partition coefficient (Wildman–Crippen LogP) is 3.85. The van der Waals surface area contributed by atoms with Gasteiger partial charge in [0.1, 0.15) is 0 Å². The highest BCUT2D eigenvalue weighted by Gasteiger charge is 2.19. The number of halogens is 1. The Labute approximate surface area is 162 Å². The van der Waals surface area contributed by atoms with E-state index in [1.165, 1.54) is 0 Å². The SMILES string of the molecule is CCOC(=O)CS(=O)(=O)Nc1ccc(C)cc1CCc1cccc(Br)c1. The van der Waals surface area contributed by atoms with Crippen molar-refractivity contribution in [3.05, 3.63) is 63.6 Å². The van der Waals surface area contributed by atoms with Gasteiger partial charge in [-0.3, -0.25) is 9.52 Å². The van der Waals surface area contributed by atoms with Crippen LogP contribution in [-0.4, -0.2) is 26.7 Å². The zero-order valence-electron chi connectivity index (χ0n) is 14.8. The number of ether oxygens (including phenoxy) is 1. The number of benzene rings is 2. The lowest BCUT2D eigenvalue weighted by molar-refractivity contribution is -0.139. The minimum Gasteiger partial charge on any atom is -0.465 e. The third kappa shape index (κ3) is 6.46. The quantitative estimate of drug-likeness (QED) is 0.633. The molecule has 0 spiro atoms. The Kier molecular flexibility index (Phi) is 7.23. The topological polar surface area (TPSA) is 72.5 Å². The van der Waals surface area contributed by atoms with E-state index < -0.39 is 21.7 Å². The molecule has 2 aromatic carbocycles. The van der Waals surface area contributed by atoms with Gasteiger partial charge in [0.25, 0.3) is 0 Å². The zero-order valence-corrected chi connectivity index (χ0v) is 17.2. The van der Waals surface area contributed by atoms with Crippen LogP contribution in [0.25, 0.3) is 0 Å². The van der Waals surface area contributed by atoms with E-state index in [-0.39, 0.29) is 6.61 Å². The molecule has 0 aliphatic carbocycles. The predicted molar refractivity (Wildman–Crippen MR) is 107 cm³/mol. The second-order valence-electron chi connectivity index (χ2n) is 5.96. The van der Waals surface area contributed by atoms with Gasteiger partial charge in [0, 0.05) is 4.47 Å². The number of hydrogen-bond donors (Lipinski definition) is 1. The standard InChI is InChI=1S/C19H22BrNO4S/c1-3-25-19(22)13-26(23,24)21-18-10-7-14(2)11-16(18)9-8-15-5-4-6-17(20)12-15/h4-7,10-12,21H,3,8-9,13H2,1-2H3. The number of sulfonamides is 1. The van der Waals surface area contributed by atoms with E-state index >= 15 is 0 Å². The number of esters is 1. The highest BCUT2D eigenvalue weighted by molar-refractivity contribution is 9.10. The lowest BCUT2D eigenvalue weighted by Crippen LogP contribution is -2.25. The van der Waals surface area contributed by atoms with Crippen LogP contribution in [0.3, 0.4) is 0 Å². The second kappa shape index (κ2) is 9.19. The van der Waals surface area contributed by atoms with E-state index in [2.05, 4.69) is 20.7 Å². The van der Waals surface area contributed by atoms with Gasteiger partial charge in [0.05, 0.1) is 12.3 Å². The summed E-state index contributed by atoms with van der Waals surface area (Å²) in [5.74, 6) is -1.46. The summed E-state index contributed by atoms with van der Waals surface area (Å²) in [7, 11) is -3.81. The summed E-state index contributed by atoms with van der Waals surface area (Å²) in [6, 6.07) is 13.5. The fraction of sp³-hybridized carbons (Fsp3) is 0.316. The number of rotatable bonds is 8. The molecule has 2 rings (SSSR count). The molecule has 0 atom stereocenters. The molecular weight excluding hydrogens is 418 g/mol. The Balaban J connectivity index is 2.15. The van der Waals surface area contributed by atoms with Crippen LogP contribution in [0.1, 0.15) is 23.6 Å². The van der Waals surface area contributed by atoms with Crippen molar-refractivity contribution in [1.82, 2.24) is 0 Å². The minimum atomic E-state index is -3.81. The number of nitrogens with one attached hydrogen (secondary N) is 1. The van der Waals surface area contributed by atoms with Crippen molar-refractivity contribution in [2.45, 2.75) is 26.7 Å². The molecule has 0 saturated heterocycles. The molecule has 0 unspecified atom stereocenters. The van der Waals surface area contributed by atoms with E-state index in [9.17, 15) is 13.2 Å². The van der Waals surface area contributed by atoms with Gasteiger partial charge in [-0.15, -0.1) is 0 Å². The number of anilines is 1. The zero-order chi connectivity index (χ0) is 19.2. The average Bonchev–Trinajstić information content (AvgIpc) is 2.54. The third-order valence-electron chi connectivity index (χ3n) is 3.71. The van der Waals surface area contributed by atoms with Gasteiger partial charge in [-0.2, -0.15) is 0 Å². The Morgan fingerprint density at radius 1 is 1.15 bits per heavy atom. The van der Waals surface area contributed by atoms with Crippen molar-refractivity contribution in [1.29, 1.82) is 0 Å². The van der Waals surface area contributed by atoms with Gasteiger partial charge < -0.3 is 4.74 Å². The maximum Gasteiger partial charge on any atom is 0.323 e. The van der Waals surface area contributed by atoms with E-state index in [1.54, 1.807) is 13.0 Å². The summed E-state index contributed by atoms with van der Waals surface area (Å²) in [5, 5.41) is 0. The lowest BCUT2D eigenvalue weighted by atomic mass is 10.0. The van der Waals surface area contributed by atoms with E-state index in [0.717, 1.165) is 27.6 Å². The van der Waals surface area contributed by atoms with Crippen molar-refractivity contribution in [3.63, 3.8) is 0 Å². The van der Waals surface area contributed by atoms with Crippen molar-refractivity contribution in [2.24, 2.45) is 0 Å². The van der Waals surface area contributed by atoms with Crippen LogP contribution in [0.2, 0.25) is 0 Å². The number of aryl methyl sites for hydroxylation is 3. The number of carbonyl (C=O) groups excluding carboxylic acids is 1. The van der Waals surface area contributed by atoms with Crippen LogP contribution in [-0.2, 0) is 32.4 Å². The Morgan fingerprint density at radius 2 is 1.92 bits per heavy atom. The first kappa shape index (κ1) is 20.5. The molecule has 140 valence electrons. The van der Waals surface area contributed by atoms with Crippen LogP contribution >= 0.6 is 15.9 Å². The molecule has 1 N–H and O–H groups in total. The van der Waals surface area contributed by atoms with Gasteiger partial charge in [-0.05, 0) is 56.0 Å². The third-order valence-corrected chi connectivity index (χ3v) is 5.35. The largest absolute Gasteiger partial charge is 0.465 e. The van der Waals surface area contributed by atoms with E-state index in [0.29, 0.717) is 12.1 Å². The molecule has 0 fully saturated rings. The molecule has 5 nitrogen and oxygen atoms in total. The molecule has 0 aliphatic rings. The van der Waals surface area contributed by atoms with Crippen LogP contribution in [0, 0.1) is 6.92 Å². The summed E-state index contributed by atoms with van der Waals surface area (Å²) >= 11 is 3.45. The summed E-state index contributed by atoms with van der Waals surface area (Å²) < 4.78 is 32.7. The molecule has 0 radical (unpaired) electrons. The molecule has 0 aliphatic heterocycles. The summed E-state index contributed by atoms with van der Waals surface area (Å²) in [4.78, 5) is 11.5. The minimum absolute atomic E-state index is 0.150. The average molecular weight is 440 g/mol. The maximum atomic E-state index is 12.2. The van der Waals surface area contributed by atoms with E-state index in [4.69, 9.17) is 4.74 Å². The van der Waals surface area contributed by atoms with Gasteiger partial charge in [-0.25, -0.2) is 8.42 Å². The highest BCUT2D eigenvalue weighted by Crippen LogP contribution is 2.22. The molecular formula is C19H22BrNO4S. The number of hydrogen-bond acceptors (Lipinski definition) is 4. The molecule has 26 heavy (non-hydrogen) atoms. The van der Waals surface area contributed by atoms with Crippen LogP contribution < -0.4 is 4.72 Å². The van der Waals surface area contributed by atoms with Crippen LogP contribution in [0.15, 0.2) is 46.9 Å². The lowest BCUT2D eigenvalue weighted by Gasteiger charge is -2.13. The highest BCUT2D eigenvalue weighted by atomic mass is 79.9. The molecule has 0 amide bonds. The van der Waals surface area contributed by atoms with E-state index in [1.807, 2.05) is 43.3 Å². The Morgan fingerprint density at radius 3 is 2.62 bits per heavy atom. The van der Waals surface area contributed by atoms with Gasteiger partial charge in [0.2, 0.25) is 10.0 Å². The summed E-state index contributed by atoms with van der Waals surface area (Å²) in [6.45, 7) is 3.74. The molecule has 0 aromatic heterocycles. The smallest absolute Gasteiger partial charge is 0.323 e. The van der Waals surface area contributed by atoms with Crippen molar-refractivity contribution < 1.29 is 17.9 Å².